The highest BCUT2D eigenvalue weighted by Crippen LogP contribution is 2.39. The normalized spacial score (nSPS) is 11.5. The minimum absolute atomic E-state index is 1.14. The molecule has 0 unspecified atom stereocenters. The molecular weight excluding hydrogens is 821 g/mol. The van der Waals surface area contributed by atoms with Crippen molar-refractivity contribution in [1.29, 1.82) is 0 Å². The van der Waals surface area contributed by atoms with E-state index in [2.05, 4.69) is 276 Å². The van der Waals surface area contributed by atoms with Crippen LogP contribution in [0.25, 0.3) is 122 Å². The highest BCUT2D eigenvalue weighted by molar-refractivity contribution is 6.12. The maximum Gasteiger partial charge on any atom is 0.0541 e. The zero-order valence-electron chi connectivity index (χ0n) is 37.3. The van der Waals surface area contributed by atoms with Gasteiger partial charge in [0.15, 0.2) is 0 Å². The summed E-state index contributed by atoms with van der Waals surface area (Å²) in [5.74, 6) is 0. The third-order valence-electron chi connectivity index (χ3n) is 13.7. The fourth-order valence-electron chi connectivity index (χ4n) is 10.4. The fourth-order valence-corrected chi connectivity index (χ4v) is 10.4. The van der Waals surface area contributed by atoms with Crippen LogP contribution in [0, 0.1) is 0 Å². The molecule has 318 valence electrons. The van der Waals surface area contributed by atoms with Crippen LogP contribution >= 0.6 is 0 Å². The van der Waals surface area contributed by atoms with Gasteiger partial charge >= 0.3 is 0 Å². The van der Waals surface area contributed by atoms with E-state index >= 15 is 0 Å². The number of para-hydroxylation sites is 2. The first-order chi connectivity index (χ1) is 33.7. The predicted molar refractivity (Wildman–Crippen MR) is 288 cm³/mol. The van der Waals surface area contributed by atoms with E-state index in [4.69, 9.17) is 0 Å². The standard InChI is InChI=1S/C66H44N2/c1-3-14-45(15-4-1)47-32-36-57(37-33-47)67-63-26-9-7-24-59(63)61-43-55(34-38-65(61)67)56-35-39-66-62(44-56)60-25-8-10-27-64(60)68(66)58-23-13-22-54(42-58)49-30-28-48(29-31-49)51-19-12-21-53(41-51)52-20-11-18-50(40-52)46-16-5-2-6-17-46/h1-44H. The molecule has 0 saturated heterocycles. The molecule has 0 aliphatic heterocycles. The van der Waals surface area contributed by atoms with Gasteiger partial charge in [0.1, 0.15) is 0 Å². The van der Waals surface area contributed by atoms with Gasteiger partial charge in [-0.3, -0.25) is 0 Å². The molecule has 2 heterocycles. The van der Waals surface area contributed by atoms with Crippen LogP contribution < -0.4 is 0 Å². The van der Waals surface area contributed by atoms with Gasteiger partial charge in [0, 0.05) is 32.9 Å². The molecule has 0 saturated carbocycles. The number of rotatable bonds is 8. The molecule has 0 aliphatic carbocycles. The van der Waals surface area contributed by atoms with E-state index in [1.54, 1.807) is 0 Å². The van der Waals surface area contributed by atoms with Gasteiger partial charge in [-0.15, -0.1) is 0 Å². The van der Waals surface area contributed by atoms with Crippen molar-refractivity contribution in [2.24, 2.45) is 0 Å². The Labute approximate surface area is 395 Å². The molecule has 0 N–H and O–H groups in total. The monoisotopic (exact) mass is 864 g/mol. The SMILES string of the molecule is c1ccc(-c2ccc(-n3c4ccccc4c4cc(-c5ccc6c(c5)c5ccccc5n6-c5cccc(-c6ccc(-c7cccc(-c8cccc(-c9ccccc9)c8)c7)cc6)c5)ccc43)cc2)cc1. The third kappa shape index (κ3) is 6.90. The number of nitrogens with zero attached hydrogens (tertiary/aromatic N) is 2. The smallest absolute Gasteiger partial charge is 0.0541 e. The lowest BCUT2D eigenvalue weighted by atomic mass is 9.95. The second-order valence-electron chi connectivity index (χ2n) is 17.7. The Hall–Kier alpha value is -8.98. The van der Waals surface area contributed by atoms with Gasteiger partial charge < -0.3 is 9.13 Å². The van der Waals surface area contributed by atoms with Gasteiger partial charge in [0.05, 0.1) is 22.1 Å². The van der Waals surface area contributed by atoms with Gasteiger partial charge in [0.25, 0.3) is 0 Å². The minimum Gasteiger partial charge on any atom is -0.309 e. The van der Waals surface area contributed by atoms with Gasteiger partial charge in [0.2, 0.25) is 0 Å². The second-order valence-corrected chi connectivity index (χ2v) is 17.7. The highest BCUT2D eigenvalue weighted by atomic mass is 15.0. The largest absolute Gasteiger partial charge is 0.309 e. The summed E-state index contributed by atoms with van der Waals surface area (Å²) in [4.78, 5) is 0. The van der Waals surface area contributed by atoms with Crippen LogP contribution in [0.2, 0.25) is 0 Å². The lowest BCUT2D eigenvalue weighted by Gasteiger charge is -2.12. The highest BCUT2D eigenvalue weighted by Gasteiger charge is 2.17. The topological polar surface area (TPSA) is 9.86 Å². The van der Waals surface area contributed by atoms with E-state index in [-0.39, 0.29) is 0 Å². The van der Waals surface area contributed by atoms with E-state index in [1.807, 2.05) is 0 Å². The van der Waals surface area contributed by atoms with Crippen LogP contribution in [0.15, 0.2) is 267 Å². The Bertz CT molecular complexity index is 3990. The molecule has 0 aliphatic rings. The summed E-state index contributed by atoms with van der Waals surface area (Å²) in [6.45, 7) is 0. The van der Waals surface area contributed by atoms with Crippen molar-refractivity contribution in [3.8, 4) is 78.1 Å². The number of hydrogen-bond acceptors (Lipinski definition) is 0. The van der Waals surface area contributed by atoms with Crippen LogP contribution in [-0.4, -0.2) is 9.13 Å². The molecule has 0 spiro atoms. The third-order valence-corrected chi connectivity index (χ3v) is 13.7. The molecule has 2 nitrogen and oxygen atoms in total. The summed E-state index contributed by atoms with van der Waals surface area (Å²) in [5.41, 5.74) is 21.6. The summed E-state index contributed by atoms with van der Waals surface area (Å²) < 4.78 is 4.82. The first kappa shape index (κ1) is 39.4. The summed E-state index contributed by atoms with van der Waals surface area (Å²) in [6, 6.07) is 97.3. The van der Waals surface area contributed by atoms with Crippen molar-refractivity contribution < 1.29 is 0 Å². The summed E-state index contributed by atoms with van der Waals surface area (Å²) in [5, 5.41) is 4.97. The second kappa shape index (κ2) is 16.5. The summed E-state index contributed by atoms with van der Waals surface area (Å²) >= 11 is 0. The van der Waals surface area contributed by atoms with E-state index in [0.29, 0.717) is 0 Å². The Morgan fingerprint density at radius 1 is 0.162 bits per heavy atom. The average Bonchev–Trinajstić information content (AvgIpc) is 3.94. The average molecular weight is 865 g/mol. The molecular formula is C66H44N2. The predicted octanol–water partition coefficient (Wildman–Crippen LogP) is 17.9. The van der Waals surface area contributed by atoms with Gasteiger partial charge in [-0.25, -0.2) is 0 Å². The van der Waals surface area contributed by atoms with Gasteiger partial charge in [-0.2, -0.15) is 0 Å². The van der Waals surface area contributed by atoms with E-state index < -0.39 is 0 Å². The molecule has 0 bridgehead atoms. The lowest BCUT2D eigenvalue weighted by molar-refractivity contribution is 1.18. The number of aromatic nitrogens is 2. The molecule has 0 atom stereocenters. The molecule has 2 heteroatoms. The van der Waals surface area contributed by atoms with E-state index in [9.17, 15) is 0 Å². The molecule has 13 aromatic rings. The van der Waals surface area contributed by atoms with Crippen molar-refractivity contribution in [2.75, 3.05) is 0 Å². The Morgan fingerprint density at radius 2 is 0.471 bits per heavy atom. The summed E-state index contributed by atoms with van der Waals surface area (Å²) in [7, 11) is 0. The zero-order valence-corrected chi connectivity index (χ0v) is 37.3. The lowest BCUT2D eigenvalue weighted by Crippen LogP contribution is -1.94. The Morgan fingerprint density at radius 3 is 0.985 bits per heavy atom. The number of fused-ring (bicyclic) bond motifs is 6. The quantitative estimate of drug-likeness (QED) is 0.144. The molecule has 2 aromatic heterocycles. The van der Waals surface area contributed by atoms with Crippen LogP contribution in [0.3, 0.4) is 0 Å². The van der Waals surface area contributed by atoms with E-state index in [0.717, 1.165) is 11.4 Å². The molecule has 68 heavy (non-hydrogen) atoms. The van der Waals surface area contributed by atoms with E-state index in [1.165, 1.54) is 110 Å². The first-order valence-corrected chi connectivity index (χ1v) is 23.4. The molecule has 0 amide bonds. The Kier molecular flexibility index (Phi) is 9.54. The molecule has 0 fully saturated rings. The fraction of sp³-hybridized carbons (Fsp3) is 0. The van der Waals surface area contributed by atoms with Gasteiger partial charge in [-0.05, 0) is 140 Å². The maximum absolute atomic E-state index is 2.42. The van der Waals surface area contributed by atoms with Crippen molar-refractivity contribution >= 4 is 43.6 Å². The molecule has 0 radical (unpaired) electrons. The van der Waals surface area contributed by atoms with Crippen LogP contribution in [-0.2, 0) is 0 Å². The van der Waals surface area contributed by atoms with Gasteiger partial charge in [-0.1, -0.05) is 194 Å². The van der Waals surface area contributed by atoms with Crippen LogP contribution in [0.4, 0.5) is 0 Å². The zero-order chi connectivity index (χ0) is 45.0. The van der Waals surface area contributed by atoms with Crippen molar-refractivity contribution in [2.45, 2.75) is 0 Å². The van der Waals surface area contributed by atoms with Crippen molar-refractivity contribution in [3.05, 3.63) is 267 Å². The van der Waals surface area contributed by atoms with Crippen LogP contribution in [0.5, 0.6) is 0 Å². The van der Waals surface area contributed by atoms with Crippen molar-refractivity contribution in [3.63, 3.8) is 0 Å². The van der Waals surface area contributed by atoms with Crippen molar-refractivity contribution in [1.82, 2.24) is 9.13 Å². The minimum atomic E-state index is 1.14. The summed E-state index contributed by atoms with van der Waals surface area (Å²) in [6.07, 6.45) is 0. The Balaban J connectivity index is 0.824. The maximum atomic E-state index is 2.42. The first-order valence-electron chi connectivity index (χ1n) is 23.4. The molecule has 11 aromatic carbocycles. The number of benzene rings is 11. The molecule has 13 rings (SSSR count). The number of hydrogen-bond donors (Lipinski definition) is 0. The van der Waals surface area contributed by atoms with Crippen LogP contribution in [0.1, 0.15) is 0 Å².